The fourth-order valence-electron chi connectivity index (χ4n) is 2.80. The molecule has 3 rings (SSSR count). The second kappa shape index (κ2) is 7.43. The first-order valence-electron chi connectivity index (χ1n) is 7.65. The number of thioether (sulfide) groups is 1. The van der Waals surface area contributed by atoms with Gasteiger partial charge < -0.3 is 14.6 Å². The van der Waals surface area contributed by atoms with Gasteiger partial charge in [0.2, 0.25) is 5.89 Å². The number of ether oxygens (including phenoxy) is 1. The Kier molecular flexibility index (Phi) is 5.33. The van der Waals surface area contributed by atoms with Crippen molar-refractivity contribution >= 4 is 11.8 Å². The number of hydrogen-bond donors (Lipinski definition) is 1. The van der Waals surface area contributed by atoms with Gasteiger partial charge in [0.15, 0.2) is 5.82 Å². The normalized spacial score (nSPS) is 24.9. The highest BCUT2D eigenvalue weighted by molar-refractivity contribution is 7.99. The highest BCUT2D eigenvalue weighted by Gasteiger charge is 2.19. The van der Waals surface area contributed by atoms with E-state index in [4.69, 9.17) is 9.26 Å². The molecule has 1 saturated carbocycles. The third-order valence-corrected chi connectivity index (χ3v) is 5.28. The van der Waals surface area contributed by atoms with Crippen LogP contribution >= 0.6 is 11.8 Å². The first-order chi connectivity index (χ1) is 9.90. The maximum Gasteiger partial charge on any atom is 0.229 e. The monoisotopic (exact) mass is 297 g/mol. The highest BCUT2D eigenvalue weighted by atomic mass is 32.2. The molecule has 1 unspecified atom stereocenters. The van der Waals surface area contributed by atoms with Crippen molar-refractivity contribution in [3.8, 4) is 0 Å². The van der Waals surface area contributed by atoms with Crippen LogP contribution in [0.5, 0.6) is 0 Å². The van der Waals surface area contributed by atoms with Crippen LogP contribution in [0.15, 0.2) is 4.52 Å². The summed E-state index contributed by atoms with van der Waals surface area (Å²) in [6.45, 7) is 2.57. The Bertz CT molecular complexity index is 401. The van der Waals surface area contributed by atoms with Crippen LogP contribution in [-0.4, -0.2) is 41.2 Å². The lowest BCUT2D eigenvalue weighted by Crippen LogP contribution is -2.39. The molecule has 1 N–H and O–H groups in total. The maximum atomic E-state index is 5.65. The van der Waals surface area contributed by atoms with Crippen LogP contribution in [-0.2, 0) is 16.9 Å². The first kappa shape index (κ1) is 14.4. The quantitative estimate of drug-likeness (QED) is 0.899. The van der Waals surface area contributed by atoms with E-state index < -0.39 is 0 Å². The van der Waals surface area contributed by atoms with E-state index in [1.54, 1.807) is 0 Å². The molecule has 20 heavy (non-hydrogen) atoms. The largest absolute Gasteiger partial charge is 0.375 e. The molecule has 2 heterocycles. The van der Waals surface area contributed by atoms with Crippen LogP contribution in [0.25, 0.3) is 0 Å². The topological polar surface area (TPSA) is 60.2 Å². The minimum atomic E-state index is 0.169. The molecule has 112 valence electrons. The average molecular weight is 297 g/mol. The summed E-state index contributed by atoms with van der Waals surface area (Å²) in [4.78, 5) is 4.48. The third-order valence-electron chi connectivity index (χ3n) is 3.92. The Labute approximate surface area is 124 Å². The Hall–Kier alpha value is -0.590. The van der Waals surface area contributed by atoms with Gasteiger partial charge >= 0.3 is 0 Å². The van der Waals surface area contributed by atoms with Crippen LogP contribution in [0.1, 0.15) is 43.8 Å². The van der Waals surface area contributed by atoms with Crippen molar-refractivity contribution in [1.82, 2.24) is 15.5 Å². The predicted octanol–water partition coefficient (Wildman–Crippen LogP) is 2.17. The number of aromatic nitrogens is 2. The van der Waals surface area contributed by atoms with E-state index in [2.05, 4.69) is 15.5 Å². The zero-order chi connectivity index (χ0) is 13.6. The zero-order valence-corrected chi connectivity index (χ0v) is 12.7. The number of morpholine rings is 1. The molecular formula is C14H23N3O2S. The number of nitrogens with zero attached hydrogens (tertiary/aromatic N) is 2. The molecule has 1 aliphatic heterocycles. The molecule has 1 aliphatic carbocycles. The van der Waals surface area contributed by atoms with Crippen molar-refractivity contribution < 1.29 is 9.26 Å². The van der Waals surface area contributed by atoms with Gasteiger partial charge in [-0.3, -0.25) is 0 Å². The molecule has 0 amide bonds. The lowest BCUT2D eigenvalue weighted by atomic mass is 10.0. The summed E-state index contributed by atoms with van der Waals surface area (Å²) in [5.41, 5.74) is 0. The maximum absolute atomic E-state index is 5.65. The van der Waals surface area contributed by atoms with Crippen molar-refractivity contribution in [2.45, 2.75) is 55.6 Å². The van der Waals surface area contributed by atoms with Gasteiger partial charge in [-0.25, -0.2) is 0 Å². The van der Waals surface area contributed by atoms with E-state index >= 15 is 0 Å². The van der Waals surface area contributed by atoms with E-state index in [9.17, 15) is 0 Å². The van der Waals surface area contributed by atoms with Gasteiger partial charge in [0.05, 0.1) is 24.9 Å². The van der Waals surface area contributed by atoms with Gasteiger partial charge in [-0.05, 0) is 12.8 Å². The van der Waals surface area contributed by atoms with Gasteiger partial charge in [0.25, 0.3) is 0 Å². The molecular weight excluding hydrogens is 274 g/mol. The number of hydrogen-bond acceptors (Lipinski definition) is 6. The molecule has 1 atom stereocenters. The van der Waals surface area contributed by atoms with Crippen LogP contribution in [0, 0.1) is 0 Å². The van der Waals surface area contributed by atoms with Crippen molar-refractivity contribution in [2.75, 3.05) is 19.7 Å². The minimum Gasteiger partial charge on any atom is -0.375 e. The second-order valence-corrected chi connectivity index (χ2v) is 6.87. The SMILES string of the molecule is C1CCC(SCc2noc(CC3CNCCO3)n2)CC1. The summed E-state index contributed by atoms with van der Waals surface area (Å²) in [6, 6.07) is 0. The molecule has 1 saturated heterocycles. The molecule has 6 heteroatoms. The van der Waals surface area contributed by atoms with E-state index in [1.807, 2.05) is 11.8 Å². The summed E-state index contributed by atoms with van der Waals surface area (Å²) in [5.74, 6) is 2.41. The lowest BCUT2D eigenvalue weighted by molar-refractivity contribution is 0.0246. The van der Waals surface area contributed by atoms with E-state index in [0.29, 0.717) is 12.3 Å². The summed E-state index contributed by atoms with van der Waals surface area (Å²) in [6.07, 6.45) is 7.73. The summed E-state index contributed by atoms with van der Waals surface area (Å²) in [5, 5.41) is 8.18. The molecule has 5 nitrogen and oxygen atoms in total. The van der Waals surface area contributed by atoms with Crippen molar-refractivity contribution in [2.24, 2.45) is 0 Å². The van der Waals surface area contributed by atoms with E-state index in [-0.39, 0.29) is 6.10 Å². The van der Waals surface area contributed by atoms with E-state index in [1.165, 1.54) is 32.1 Å². The third kappa shape index (κ3) is 4.20. The lowest BCUT2D eigenvalue weighted by Gasteiger charge is -2.21. The molecule has 0 aromatic carbocycles. The molecule has 1 aromatic rings. The molecule has 0 spiro atoms. The van der Waals surface area contributed by atoms with Crippen LogP contribution in [0.4, 0.5) is 0 Å². The van der Waals surface area contributed by atoms with E-state index in [0.717, 1.165) is 36.5 Å². The van der Waals surface area contributed by atoms with Crippen LogP contribution in [0.2, 0.25) is 0 Å². The zero-order valence-electron chi connectivity index (χ0n) is 11.8. The molecule has 0 radical (unpaired) electrons. The van der Waals surface area contributed by atoms with Gasteiger partial charge in [0, 0.05) is 18.3 Å². The van der Waals surface area contributed by atoms with Crippen molar-refractivity contribution in [3.63, 3.8) is 0 Å². The minimum absolute atomic E-state index is 0.169. The van der Waals surface area contributed by atoms with Crippen LogP contribution < -0.4 is 5.32 Å². The van der Waals surface area contributed by atoms with Crippen molar-refractivity contribution in [3.05, 3.63) is 11.7 Å². The molecule has 0 bridgehead atoms. The van der Waals surface area contributed by atoms with Gasteiger partial charge in [-0.1, -0.05) is 24.4 Å². The van der Waals surface area contributed by atoms with Gasteiger partial charge in [-0.15, -0.1) is 0 Å². The molecule has 2 fully saturated rings. The van der Waals surface area contributed by atoms with Crippen LogP contribution in [0.3, 0.4) is 0 Å². The predicted molar refractivity (Wildman–Crippen MR) is 78.8 cm³/mol. The summed E-state index contributed by atoms with van der Waals surface area (Å²) in [7, 11) is 0. The Morgan fingerprint density at radius 3 is 2.95 bits per heavy atom. The van der Waals surface area contributed by atoms with Crippen molar-refractivity contribution in [1.29, 1.82) is 0 Å². The smallest absolute Gasteiger partial charge is 0.229 e. The summed E-state index contributed by atoms with van der Waals surface area (Å²) >= 11 is 1.98. The van der Waals surface area contributed by atoms with Gasteiger partial charge in [0.1, 0.15) is 0 Å². The van der Waals surface area contributed by atoms with Gasteiger partial charge in [-0.2, -0.15) is 16.7 Å². The fourth-order valence-corrected chi connectivity index (χ4v) is 3.97. The standard InChI is InChI=1S/C14H23N3O2S/c1-2-4-12(5-3-1)20-10-13-16-14(19-17-13)8-11-9-15-6-7-18-11/h11-12,15H,1-10H2. The Balaban J connectivity index is 1.43. The number of rotatable bonds is 5. The highest BCUT2D eigenvalue weighted by Crippen LogP contribution is 2.29. The molecule has 1 aromatic heterocycles. The molecule has 2 aliphatic rings. The number of nitrogens with one attached hydrogen (secondary N) is 1. The Morgan fingerprint density at radius 1 is 1.25 bits per heavy atom. The summed E-state index contributed by atoms with van der Waals surface area (Å²) < 4.78 is 11.0. The Morgan fingerprint density at radius 2 is 2.15 bits per heavy atom. The fraction of sp³-hybridized carbons (Fsp3) is 0.857. The second-order valence-electron chi connectivity index (χ2n) is 5.58. The first-order valence-corrected chi connectivity index (χ1v) is 8.70. The average Bonchev–Trinajstić information content (AvgIpc) is 2.95.